The number of halogens is 5. The smallest absolute Gasteiger partial charge is 0.438 e. The minimum absolute atomic E-state index is 0.0816. The zero-order valence-electron chi connectivity index (χ0n) is 15.4. The van der Waals surface area contributed by atoms with E-state index in [2.05, 4.69) is 10.2 Å². The van der Waals surface area contributed by atoms with E-state index in [1.54, 1.807) is 10.7 Å². The van der Waals surface area contributed by atoms with E-state index in [4.69, 9.17) is 23.2 Å². The number of nitrogens with one attached hydrogen (secondary N) is 3. The van der Waals surface area contributed by atoms with Gasteiger partial charge in [-0.2, -0.15) is 18.6 Å². The quantitative estimate of drug-likeness (QED) is 0.239. The number of alkyl halides is 3. The number of anilines is 1. The minimum atomic E-state index is -5.40. The van der Waals surface area contributed by atoms with Crippen molar-refractivity contribution in [2.24, 2.45) is 0 Å². The fraction of sp³-hybridized carbons (Fsp3) is 0.176. The van der Waals surface area contributed by atoms with E-state index in [0.717, 1.165) is 36.4 Å². The van der Waals surface area contributed by atoms with Crippen molar-refractivity contribution < 1.29 is 32.4 Å². The molecule has 0 spiro atoms. The van der Waals surface area contributed by atoms with Crippen LogP contribution in [0.3, 0.4) is 0 Å². The van der Waals surface area contributed by atoms with E-state index in [1.165, 1.54) is 6.07 Å². The van der Waals surface area contributed by atoms with Gasteiger partial charge < -0.3 is 15.5 Å². The summed E-state index contributed by atoms with van der Waals surface area (Å²) in [4.78, 5) is 34.6. The van der Waals surface area contributed by atoms with Gasteiger partial charge in [0.15, 0.2) is 0 Å². The molecule has 0 aliphatic carbocycles. The Bertz CT molecular complexity index is 1000. The number of esters is 1. The molecule has 166 valence electrons. The van der Waals surface area contributed by atoms with Gasteiger partial charge in [0.05, 0.1) is 22.6 Å². The third-order valence-corrected chi connectivity index (χ3v) is 4.41. The number of hydrogen-bond donors (Lipinski definition) is 3. The first-order valence-electron chi connectivity index (χ1n) is 8.11. The summed E-state index contributed by atoms with van der Waals surface area (Å²) < 4.78 is 46.1. The van der Waals surface area contributed by atoms with Gasteiger partial charge in [0.2, 0.25) is 0 Å². The summed E-state index contributed by atoms with van der Waals surface area (Å²) in [6, 6.07) is 7.63. The van der Waals surface area contributed by atoms with Crippen LogP contribution in [0.5, 0.6) is 0 Å². The SMILES string of the molecule is COC(=O)C(NNc1ccc([N+](=O)[O-])cc1)(NC(=O)c1ccc(Cl)cc1Cl)C(F)(F)F. The number of non-ortho nitro benzene ring substituents is 1. The number of rotatable bonds is 7. The van der Waals surface area contributed by atoms with E-state index in [-0.39, 0.29) is 27.0 Å². The maximum atomic E-state index is 14.0. The highest BCUT2D eigenvalue weighted by Gasteiger charge is 2.63. The molecule has 2 rings (SSSR count). The van der Waals surface area contributed by atoms with Gasteiger partial charge in [-0.25, -0.2) is 4.79 Å². The number of ether oxygens (including phenoxy) is 1. The van der Waals surface area contributed by atoms with Crippen molar-refractivity contribution in [3.05, 3.63) is 68.2 Å². The lowest BCUT2D eigenvalue weighted by Crippen LogP contribution is -2.73. The fourth-order valence-electron chi connectivity index (χ4n) is 2.29. The summed E-state index contributed by atoms with van der Waals surface area (Å²) in [6.07, 6.45) is -5.40. The molecule has 1 atom stereocenters. The molecule has 0 saturated carbocycles. The van der Waals surface area contributed by atoms with E-state index >= 15 is 0 Å². The van der Waals surface area contributed by atoms with E-state index in [0.29, 0.717) is 7.11 Å². The molecule has 14 heteroatoms. The zero-order valence-corrected chi connectivity index (χ0v) is 16.9. The predicted octanol–water partition coefficient (Wildman–Crippen LogP) is 3.68. The summed E-state index contributed by atoms with van der Waals surface area (Å²) in [5.74, 6) is -3.25. The third-order valence-electron chi connectivity index (χ3n) is 3.87. The molecule has 0 saturated heterocycles. The Balaban J connectivity index is 2.39. The molecular weight excluding hydrogens is 468 g/mol. The van der Waals surface area contributed by atoms with Gasteiger partial charge in [0.1, 0.15) is 0 Å². The number of hydrogen-bond acceptors (Lipinski definition) is 7. The number of benzene rings is 2. The van der Waals surface area contributed by atoms with Crippen LogP contribution in [0.4, 0.5) is 24.5 Å². The first-order valence-corrected chi connectivity index (χ1v) is 8.87. The molecule has 0 fully saturated rings. The highest BCUT2D eigenvalue weighted by Crippen LogP contribution is 2.31. The zero-order chi connectivity index (χ0) is 23.4. The molecule has 1 amide bonds. The summed E-state index contributed by atoms with van der Waals surface area (Å²) in [5.41, 5.74) is -0.738. The van der Waals surface area contributed by atoms with Crippen molar-refractivity contribution in [2.75, 3.05) is 12.5 Å². The second kappa shape index (κ2) is 9.37. The Kier molecular flexibility index (Phi) is 7.31. The Labute approximate surface area is 182 Å². The van der Waals surface area contributed by atoms with Crippen molar-refractivity contribution in [3.63, 3.8) is 0 Å². The van der Waals surface area contributed by atoms with E-state index < -0.39 is 28.6 Å². The van der Waals surface area contributed by atoms with Crippen LogP contribution in [0.15, 0.2) is 42.5 Å². The predicted molar refractivity (Wildman–Crippen MR) is 105 cm³/mol. The lowest BCUT2D eigenvalue weighted by Gasteiger charge is -2.34. The number of carbonyl (C=O) groups excluding carboxylic acids is 2. The molecule has 31 heavy (non-hydrogen) atoms. The first-order chi connectivity index (χ1) is 14.4. The van der Waals surface area contributed by atoms with E-state index in [9.17, 15) is 32.9 Å². The Morgan fingerprint density at radius 2 is 1.71 bits per heavy atom. The van der Waals surface area contributed by atoms with Gasteiger partial charge in [0.25, 0.3) is 11.6 Å². The molecule has 9 nitrogen and oxygen atoms in total. The molecule has 0 radical (unpaired) electrons. The van der Waals surface area contributed by atoms with Crippen molar-refractivity contribution in [1.82, 2.24) is 10.7 Å². The summed E-state index contributed by atoms with van der Waals surface area (Å²) >= 11 is 11.6. The van der Waals surface area contributed by atoms with Gasteiger partial charge >= 0.3 is 17.8 Å². The number of nitro groups is 1. The van der Waals surface area contributed by atoms with Crippen LogP contribution in [0, 0.1) is 10.1 Å². The molecule has 0 heterocycles. The molecule has 0 aromatic heterocycles. The second-order valence-corrected chi connectivity index (χ2v) is 6.72. The average Bonchev–Trinajstić information content (AvgIpc) is 2.69. The summed E-state index contributed by atoms with van der Waals surface area (Å²) in [6.45, 7) is 0. The van der Waals surface area contributed by atoms with E-state index in [1.807, 2.05) is 0 Å². The Hall–Kier alpha value is -3.09. The maximum Gasteiger partial charge on any atom is 0.438 e. The number of hydrazine groups is 1. The number of methoxy groups -OCH3 is 1. The normalized spacial score (nSPS) is 13.1. The Morgan fingerprint density at radius 3 is 2.19 bits per heavy atom. The fourth-order valence-corrected chi connectivity index (χ4v) is 2.78. The van der Waals surface area contributed by atoms with Crippen LogP contribution in [-0.2, 0) is 9.53 Å². The largest absolute Gasteiger partial charge is 0.466 e. The molecule has 1 unspecified atom stereocenters. The van der Waals surface area contributed by atoms with Crippen LogP contribution in [0.25, 0.3) is 0 Å². The van der Waals surface area contributed by atoms with Crippen LogP contribution in [-0.4, -0.2) is 35.7 Å². The van der Waals surface area contributed by atoms with Gasteiger partial charge in [-0.15, -0.1) is 0 Å². The summed E-state index contributed by atoms with van der Waals surface area (Å²) in [7, 11) is 0.692. The Morgan fingerprint density at radius 1 is 1.10 bits per heavy atom. The third kappa shape index (κ3) is 5.34. The molecular formula is C17H13Cl2F3N4O5. The van der Waals surface area contributed by atoms with Crippen LogP contribution < -0.4 is 16.2 Å². The van der Waals surface area contributed by atoms with Gasteiger partial charge in [-0.05, 0) is 30.3 Å². The lowest BCUT2D eigenvalue weighted by atomic mass is 10.1. The molecule has 0 aliphatic rings. The van der Waals surface area contributed by atoms with Crippen molar-refractivity contribution in [2.45, 2.75) is 11.8 Å². The second-order valence-electron chi connectivity index (χ2n) is 5.87. The topological polar surface area (TPSA) is 123 Å². The minimum Gasteiger partial charge on any atom is -0.466 e. The molecule has 2 aromatic carbocycles. The molecule has 2 aromatic rings. The molecule has 0 bridgehead atoms. The van der Waals surface area contributed by atoms with Crippen LogP contribution in [0.2, 0.25) is 10.0 Å². The monoisotopic (exact) mass is 480 g/mol. The van der Waals surface area contributed by atoms with Crippen molar-refractivity contribution in [1.29, 1.82) is 0 Å². The van der Waals surface area contributed by atoms with Gasteiger partial charge in [0, 0.05) is 22.8 Å². The van der Waals surface area contributed by atoms with Gasteiger partial charge in [-0.1, -0.05) is 23.2 Å². The average molecular weight is 481 g/mol. The van der Waals surface area contributed by atoms with Gasteiger partial charge in [-0.3, -0.25) is 14.9 Å². The first kappa shape index (κ1) is 24.2. The van der Waals surface area contributed by atoms with Crippen molar-refractivity contribution >= 4 is 46.5 Å². The number of nitrogens with zero attached hydrogens (tertiary/aromatic N) is 1. The summed E-state index contributed by atoms with van der Waals surface area (Å²) in [5, 5.41) is 12.1. The van der Waals surface area contributed by atoms with Crippen LogP contribution >= 0.6 is 23.2 Å². The number of nitro benzene ring substituents is 1. The lowest BCUT2D eigenvalue weighted by molar-refractivity contribution is -0.384. The van der Waals surface area contributed by atoms with Crippen molar-refractivity contribution in [3.8, 4) is 0 Å². The molecule has 3 N–H and O–H groups in total. The number of carbonyl (C=O) groups is 2. The number of amides is 1. The molecule has 0 aliphatic heterocycles. The standard InChI is InChI=1S/C17H13Cl2F3N4O5/c1-31-15(28)16(17(20,21)22,23-14(27)12-7-2-9(18)8-13(12)19)25-24-10-3-5-11(6-4-10)26(29)30/h2-8,24-25H,1H3,(H,23,27). The maximum absolute atomic E-state index is 14.0. The highest BCUT2D eigenvalue weighted by atomic mass is 35.5. The highest BCUT2D eigenvalue weighted by molar-refractivity contribution is 6.36. The van der Waals surface area contributed by atoms with Crippen LogP contribution in [0.1, 0.15) is 10.4 Å².